The summed E-state index contributed by atoms with van der Waals surface area (Å²) in [5.74, 6) is 0.423. The van der Waals surface area contributed by atoms with E-state index in [1.807, 2.05) is 44.4 Å². The molecule has 0 radical (unpaired) electrons. The van der Waals surface area contributed by atoms with E-state index in [0.717, 1.165) is 44.2 Å². The van der Waals surface area contributed by atoms with E-state index in [0.29, 0.717) is 41.2 Å². The van der Waals surface area contributed by atoms with Gasteiger partial charge in [-0.15, -0.1) is 10.2 Å². The summed E-state index contributed by atoms with van der Waals surface area (Å²) >= 11 is 0. The molecule has 0 bridgehead atoms. The number of halogens is 3. The predicted molar refractivity (Wildman–Crippen MR) is 130 cm³/mol. The number of quaternary nitrogens is 1. The van der Waals surface area contributed by atoms with Gasteiger partial charge in [-0.3, -0.25) is 0 Å². The first kappa shape index (κ1) is 27.3. The maximum Gasteiger partial charge on any atom is 0.416 e. The van der Waals surface area contributed by atoms with Crippen molar-refractivity contribution in [1.82, 2.24) is 10.2 Å². The number of rotatable bonds is 10. The van der Waals surface area contributed by atoms with E-state index in [1.54, 1.807) is 0 Å². The van der Waals surface area contributed by atoms with Crippen LogP contribution in [-0.4, -0.2) is 41.9 Å². The van der Waals surface area contributed by atoms with Crippen LogP contribution in [0.5, 0.6) is 0 Å². The zero-order valence-electron chi connectivity index (χ0n) is 21.3. The van der Waals surface area contributed by atoms with Crippen LogP contribution in [0, 0.1) is 5.92 Å². The smallest absolute Gasteiger partial charge is 0.416 e. The molecule has 1 unspecified atom stereocenters. The highest BCUT2D eigenvalue weighted by Crippen LogP contribution is 2.41. The Hall–Kier alpha value is -2.75. The number of nitrogens with zero attached hydrogens (tertiary/aromatic N) is 3. The van der Waals surface area contributed by atoms with Crippen molar-refractivity contribution in [3.63, 3.8) is 0 Å². The average Bonchev–Trinajstić information content (AvgIpc) is 3.35. The molecule has 1 fully saturated rings. The molecule has 4 rings (SSSR count). The van der Waals surface area contributed by atoms with E-state index in [4.69, 9.17) is 9.15 Å². The van der Waals surface area contributed by atoms with Crippen LogP contribution in [0.3, 0.4) is 0 Å². The quantitative estimate of drug-likeness (QED) is 0.278. The number of hydrogen-bond acceptors (Lipinski definition) is 5. The van der Waals surface area contributed by atoms with Gasteiger partial charge in [0.25, 0.3) is 5.89 Å². The Morgan fingerprint density at radius 3 is 2.27 bits per heavy atom. The lowest BCUT2D eigenvalue weighted by Gasteiger charge is -2.46. The van der Waals surface area contributed by atoms with Crippen molar-refractivity contribution in [1.29, 1.82) is 0 Å². The number of aromatic nitrogens is 2. The Kier molecular flexibility index (Phi) is 8.36. The Labute approximate surface area is 215 Å². The molecule has 1 heterocycles. The summed E-state index contributed by atoms with van der Waals surface area (Å²) in [6, 6.07) is 14.3. The Bertz CT molecular complexity index is 1130. The van der Waals surface area contributed by atoms with Gasteiger partial charge in [-0.05, 0) is 34.8 Å². The molecule has 9 heteroatoms. The molecule has 1 aliphatic carbocycles. The third kappa shape index (κ3) is 6.77. The van der Waals surface area contributed by atoms with Gasteiger partial charge in [0.1, 0.15) is 6.54 Å². The molecule has 200 valence electrons. The fraction of sp³-hybridized carbons (Fsp3) is 0.500. The number of likely N-dealkylation sites (N-methyl/N-ethyl adjacent to an activating group) is 1. The number of ether oxygens (including phenoxy) is 1. The van der Waals surface area contributed by atoms with Crippen molar-refractivity contribution < 1.29 is 31.9 Å². The first-order chi connectivity index (χ1) is 17.6. The van der Waals surface area contributed by atoms with Crippen molar-refractivity contribution in [3.05, 3.63) is 83.1 Å². The fourth-order valence-electron chi connectivity index (χ4n) is 4.93. The van der Waals surface area contributed by atoms with Crippen LogP contribution in [-0.2, 0) is 29.7 Å². The minimum atomic E-state index is -4.35. The van der Waals surface area contributed by atoms with Gasteiger partial charge in [0.2, 0.25) is 5.89 Å². The monoisotopic (exact) mass is 517 g/mol. The second-order valence-corrected chi connectivity index (χ2v) is 10.5. The summed E-state index contributed by atoms with van der Waals surface area (Å²) in [7, 11) is 3.99. The van der Waals surface area contributed by atoms with Crippen molar-refractivity contribution in [2.45, 2.75) is 57.0 Å². The summed E-state index contributed by atoms with van der Waals surface area (Å²) in [5.41, 5.74) is -0.918. The molecular weight excluding hydrogens is 483 g/mol. The van der Waals surface area contributed by atoms with Crippen molar-refractivity contribution in [3.8, 4) is 0 Å². The molecule has 3 aromatic rings. The lowest BCUT2D eigenvalue weighted by Crippen LogP contribution is -2.49. The predicted octanol–water partition coefficient (Wildman–Crippen LogP) is 5.07. The molecule has 1 atom stereocenters. The van der Waals surface area contributed by atoms with Crippen LogP contribution < -0.4 is 5.11 Å². The molecule has 2 aromatic carbocycles. The average molecular weight is 518 g/mol. The SMILES string of the molecule is C[N+](C)(CCOCc1ccc(C(F)(F)F)cc1)Cc1nnc(C([O-])(c2ccccc2)C2CCCCC2)o1. The lowest BCUT2D eigenvalue weighted by atomic mass is 9.73. The van der Waals surface area contributed by atoms with E-state index < -0.39 is 17.3 Å². The molecule has 37 heavy (non-hydrogen) atoms. The van der Waals surface area contributed by atoms with Crippen LogP contribution in [0.25, 0.3) is 0 Å². The molecule has 1 aliphatic rings. The van der Waals surface area contributed by atoms with E-state index in [9.17, 15) is 18.3 Å². The summed E-state index contributed by atoms with van der Waals surface area (Å²) in [5, 5.41) is 22.8. The van der Waals surface area contributed by atoms with Crippen LogP contribution in [0.1, 0.15) is 60.6 Å². The summed E-state index contributed by atoms with van der Waals surface area (Å²) in [6.45, 7) is 1.65. The number of benzene rings is 2. The molecular formula is C28H34F3N3O3. The Balaban J connectivity index is 1.36. The lowest BCUT2D eigenvalue weighted by molar-refractivity contribution is -0.905. The van der Waals surface area contributed by atoms with Crippen LogP contribution in [0.15, 0.2) is 59.0 Å². The van der Waals surface area contributed by atoms with Gasteiger partial charge in [0.15, 0.2) is 6.54 Å². The Morgan fingerprint density at radius 2 is 1.62 bits per heavy atom. The van der Waals surface area contributed by atoms with Crippen LogP contribution >= 0.6 is 0 Å². The molecule has 6 nitrogen and oxygen atoms in total. The van der Waals surface area contributed by atoms with Gasteiger partial charge in [0.05, 0.1) is 32.9 Å². The van der Waals surface area contributed by atoms with E-state index in [2.05, 4.69) is 10.2 Å². The molecule has 0 amide bonds. The van der Waals surface area contributed by atoms with Gasteiger partial charge in [-0.25, -0.2) is 0 Å². The summed E-state index contributed by atoms with van der Waals surface area (Å²) in [4.78, 5) is 0. The second kappa shape index (κ2) is 11.3. The topological polar surface area (TPSA) is 71.2 Å². The zero-order valence-corrected chi connectivity index (χ0v) is 21.3. The van der Waals surface area contributed by atoms with Gasteiger partial charge < -0.3 is 18.7 Å². The fourth-order valence-corrected chi connectivity index (χ4v) is 4.93. The number of alkyl halides is 3. The highest BCUT2D eigenvalue weighted by atomic mass is 19.4. The van der Waals surface area contributed by atoms with Crippen molar-refractivity contribution >= 4 is 0 Å². The molecule has 0 aliphatic heterocycles. The van der Waals surface area contributed by atoms with Crippen LogP contribution in [0.4, 0.5) is 13.2 Å². The number of hydrogen-bond donors (Lipinski definition) is 0. The third-order valence-electron chi connectivity index (χ3n) is 7.12. The van der Waals surface area contributed by atoms with E-state index in [-0.39, 0.29) is 18.4 Å². The summed E-state index contributed by atoms with van der Waals surface area (Å²) in [6.07, 6.45) is 0.529. The van der Waals surface area contributed by atoms with Gasteiger partial charge >= 0.3 is 6.18 Å². The highest BCUT2D eigenvalue weighted by molar-refractivity contribution is 5.29. The molecule has 0 saturated heterocycles. The maximum atomic E-state index is 14.4. The van der Waals surface area contributed by atoms with Gasteiger partial charge in [-0.1, -0.05) is 74.6 Å². The van der Waals surface area contributed by atoms with E-state index in [1.165, 1.54) is 12.1 Å². The van der Waals surface area contributed by atoms with Crippen LogP contribution in [0.2, 0.25) is 0 Å². The first-order valence-corrected chi connectivity index (χ1v) is 12.7. The minimum absolute atomic E-state index is 0.0990. The first-order valence-electron chi connectivity index (χ1n) is 12.7. The largest absolute Gasteiger partial charge is 0.839 e. The minimum Gasteiger partial charge on any atom is -0.839 e. The summed E-state index contributed by atoms with van der Waals surface area (Å²) < 4.78 is 50.4. The van der Waals surface area contributed by atoms with Crippen molar-refractivity contribution in [2.75, 3.05) is 27.2 Å². The third-order valence-corrected chi connectivity index (χ3v) is 7.12. The van der Waals surface area contributed by atoms with Gasteiger partial charge in [-0.2, -0.15) is 13.2 Å². The molecule has 1 saturated carbocycles. The highest BCUT2D eigenvalue weighted by Gasteiger charge is 2.37. The standard InChI is InChI=1S/C28H34F3N3O3/c1-34(2,17-18-36-20-21-13-15-24(16-14-21)28(29,30)31)19-25-32-33-26(37-25)27(35,22-9-5-3-6-10-22)23-11-7-4-8-12-23/h3,5-6,9-10,13-16,23H,4,7-8,11-12,17-20H2,1-2H3. The maximum absolute atomic E-state index is 14.4. The van der Waals surface area contributed by atoms with Gasteiger partial charge in [0, 0.05) is 0 Å². The zero-order chi connectivity index (χ0) is 26.5. The van der Waals surface area contributed by atoms with E-state index >= 15 is 0 Å². The molecule has 0 N–H and O–H groups in total. The Morgan fingerprint density at radius 1 is 0.946 bits per heavy atom. The molecule has 0 spiro atoms. The van der Waals surface area contributed by atoms with Crippen molar-refractivity contribution in [2.24, 2.45) is 5.92 Å². The molecule has 1 aromatic heterocycles. The second-order valence-electron chi connectivity index (χ2n) is 10.5. The normalized spacial score (nSPS) is 17.0.